The fraction of sp³-hybridized carbons (Fsp3) is 0.185. The molecule has 0 amide bonds. The fourth-order valence-electron chi connectivity index (χ4n) is 4.58. The van der Waals surface area contributed by atoms with Gasteiger partial charge in [-0.3, -0.25) is 4.98 Å². The summed E-state index contributed by atoms with van der Waals surface area (Å²) in [6.45, 7) is 8.70. The average molecular weight is 493 g/mol. The van der Waals surface area contributed by atoms with E-state index in [0.717, 1.165) is 41.1 Å². The number of para-hydroxylation sites is 1. The van der Waals surface area contributed by atoms with Gasteiger partial charge in [-0.1, -0.05) is 24.3 Å². The lowest BCUT2D eigenvalue weighted by atomic mass is 9.95. The van der Waals surface area contributed by atoms with Gasteiger partial charge in [0, 0.05) is 47.9 Å². The topological polar surface area (TPSA) is 66.7 Å². The third-order valence-electron chi connectivity index (χ3n) is 6.32. The summed E-state index contributed by atoms with van der Waals surface area (Å²) in [4.78, 5) is 10.1. The van der Waals surface area contributed by atoms with Gasteiger partial charge in [-0.05, 0) is 48.2 Å². The Labute approximate surface area is 208 Å². The molecule has 8 heteroatoms. The molecule has 1 aliphatic rings. The Balaban J connectivity index is 0.00000289. The van der Waals surface area contributed by atoms with Crippen molar-refractivity contribution in [1.29, 1.82) is 0 Å². The number of anilines is 1. The summed E-state index contributed by atoms with van der Waals surface area (Å²) in [6.07, 6.45) is 3.25. The number of nitrogens with zero attached hydrogens (tertiary/aromatic N) is 3. The van der Waals surface area contributed by atoms with Crippen molar-refractivity contribution in [1.82, 2.24) is 4.98 Å². The number of hydrogen-bond donors (Lipinski definition) is 2. The van der Waals surface area contributed by atoms with E-state index in [1.807, 2.05) is 18.2 Å². The molecule has 2 heterocycles. The highest BCUT2D eigenvalue weighted by molar-refractivity contribution is 6.02. The Morgan fingerprint density at radius 3 is 2.37 bits per heavy atom. The van der Waals surface area contributed by atoms with E-state index in [9.17, 15) is 13.9 Å². The van der Waals surface area contributed by atoms with Crippen LogP contribution >= 0.6 is 12.4 Å². The van der Waals surface area contributed by atoms with Gasteiger partial charge >= 0.3 is 0 Å². The fourth-order valence-corrected chi connectivity index (χ4v) is 4.58. The van der Waals surface area contributed by atoms with E-state index >= 15 is 0 Å². The summed E-state index contributed by atoms with van der Waals surface area (Å²) >= 11 is 0. The van der Waals surface area contributed by atoms with Crippen molar-refractivity contribution in [2.45, 2.75) is 18.9 Å². The number of pyridine rings is 1. The molecule has 0 spiro atoms. The van der Waals surface area contributed by atoms with E-state index in [1.165, 1.54) is 12.1 Å². The van der Waals surface area contributed by atoms with E-state index in [0.29, 0.717) is 29.8 Å². The van der Waals surface area contributed by atoms with Gasteiger partial charge in [-0.15, -0.1) is 12.4 Å². The third-order valence-corrected chi connectivity index (χ3v) is 6.32. The molecule has 0 saturated carbocycles. The van der Waals surface area contributed by atoms with Crippen LogP contribution in [0.4, 0.5) is 20.2 Å². The van der Waals surface area contributed by atoms with Crippen LogP contribution in [0.3, 0.4) is 0 Å². The third kappa shape index (κ3) is 4.63. The molecule has 0 bridgehead atoms. The molecule has 0 unspecified atom stereocenters. The summed E-state index contributed by atoms with van der Waals surface area (Å²) in [7, 11) is 0. The Kier molecular flexibility index (Phi) is 6.88. The molecule has 0 atom stereocenters. The molecule has 5 nitrogen and oxygen atoms in total. The molecule has 1 aromatic heterocycles. The van der Waals surface area contributed by atoms with Crippen molar-refractivity contribution in [3.63, 3.8) is 0 Å². The van der Waals surface area contributed by atoms with Crippen molar-refractivity contribution >= 4 is 34.7 Å². The number of benzene rings is 3. The maximum atomic E-state index is 14.1. The number of halogens is 3. The van der Waals surface area contributed by atoms with Gasteiger partial charge in [0.2, 0.25) is 5.69 Å². The minimum atomic E-state index is -0.656. The number of nitrogens with two attached hydrogens (primary N) is 1. The first kappa shape index (κ1) is 24.4. The summed E-state index contributed by atoms with van der Waals surface area (Å²) in [5.74, 6) is -1.40. The first-order valence-electron chi connectivity index (χ1n) is 11.0. The Hall–Kier alpha value is -3.73. The smallest absolute Gasteiger partial charge is 0.228 e. The number of phenolic OH excluding ortho intramolecular Hbond substituents is 1. The number of aromatic nitrogens is 1. The predicted octanol–water partition coefficient (Wildman–Crippen LogP) is 6.45. The van der Waals surface area contributed by atoms with Crippen LogP contribution in [0.2, 0.25) is 0 Å². The normalized spacial score (nSPS) is 13.9. The zero-order chi connectivity index (χ0) is 23.8. The lowest BCUT2D eigenvalue weighted by molar-refractivity contribution is 0.480. The zero-order valence-corrected chi connectivity index (χ0v) is 19.5. The van der Waals surface area contributed by atoms with Gasteiger partial charge in [0.05, 0.1) is 17.8 Å². The summed E-state index contributed by atoms with van der Waals surface area (Å²) in [5, 5.41) is 11.4. The monoisotopic (exact) mass is 492 g/mol. The van der Waals surface area contributed by atoms with Crippen LogP contribution in [-0.2, 0) is 0 Å². The minimum Gasteiger partial charge on any atom is -0.518 e. The highest BCUT2D eigenvalue weighted by Crippen LogP contribution is 2.42. The quantitative estimate of drug-likeness (QED) is 0.322. The molecule has 1 fully saturated rings. The number of rotatable bonds is 3. The molecule has 1 saturated heterocycles. The van der Waals surface area contributed by atoms with Crippen LogP contribution in [-0.4, -0.2) is 29.2 Å². The summed E-state index contributed by atoms with van der Waals surface area (Å²) in [6, 6.07) is 14.2. The number of aromatic hydroxyl groups is 1. The van der Waals surface area contributed by atoms with Crippen LogP contribution in [0.25, 0.3) is 38.0 Å². The van der Waals surface area contributed by atoms with E-state index in [-0.39, 0.29) is 29.9 Å². The molecule has 1 aliphatic heterocycles. The predicted molar refractivity (Wildman–Crippen MR) is 137 cm³/mol. The second kappa shape index (κ2) is 9.87. The summed E-state index contributed by atoms with van der Waals surface area (Å²) < 4.78 is 28.2. The van der Waals surface area contributed by atoms with Crippen LogP contribution in [0, 0.1) is 18.2 Å². The van der Waals surface area contributed by atoms with Crippen LogP contribution in [0.1, 0.15) is 12.8 Å². The number of phenols is 1. The Morgan fingerprint density at radius 2 is 1.69 bits per heavy atom. The molecular formula is C27H23ClF2N4O. The minimum absolute atomic E-state index is 0. The first-order valence-corrected chi connectivity index (χ1v) is 11.0. The Morgan fingerprint density at radius 1 is 0.971 bits per heavy atom. The van der Waals surface area contributed by atoms with Crippen molar-refractivity contribution in [2.24, 2.45) is 5.73 Å². The van der Waals surface area contributed by atoms with Gasteiger partial charge in [0.1, 0.15) is 17.4 Å². The maximum Gasteiger partial charge on any atom is 0.228 e. The van der Waals surface area contributed by atoms with E-state index < -0.39 is 11.6 Å². The van der Waals surface area contributed by atoms with Crippen molar-refractivity contribution in [3.8, 4) is 28.0 Å². The molecule has 35 heavy (non-hydrogen) atoms. The molecule has 178 valence electrons. The van der Waals surface area contributed by atoms with Crippen molar-refractivity contribution in [2.75, 3.05) is 18.0 Å². The molecule has 4 aromatic rings. The molecule has 3 aromatic carbocycles. The molecular weight excluding hydrogens is 470 g/mol. The second-order valence-corrected chi connectivity index (χ2v) is 8.52. The SMILES string of the molecule is Cl.[C-]#[N+]c1cccc(-c2ccc3ncc(-c4cc(F)cc(F)c4)c(N4CCC(N)CC4)c3c2)c1O. The molecule has 0 radical (unpaired) electrons. The largest absolute Gasteiger partial charge is 0.518 e. The van der Waals surface area contributed by atoms with E-state index in [4.69, 9.17) is 12.3 Å². The van der Waals surface area contributed by atoms with Crippen LogP contribution in [0.5, 0.6) is 5.75 Å². The molecule has 5 rings (SSSR count). The van der Waals surface area contributed by atoms with E-state index in [2.05, 4.69) is 14.7 Å². The molecule has 3 N–H and O–H groups in total. The highest BCUT2D eigenvalue weighted by Gasteiger charge is 2.23. The van der Waals surface area contributed by atoms with Crippen LogP contribution < -0.4 is 10.6 Å². The van der Waals surface area contributed by atoms with Crippen LogP contribution in [0.15, 0.2) is 60.8 Å². The van der Waals surface area contributed by atoms with Gasteiger partial charge in [0.15, 0.2) is 0 Å². The molecule has 0 aliphatic carbocycles. The first-order chi connectivity index (χ1) is 16.4. The number of fused-ring (bicyclic) bond motifs is 1. The average Bonchev–Trinajstić information content (AvgIpc) is 2.83. The van der Waals surface area contributed by atoms with Gasteiger partial charge in [-0.25, -0.2) is 13.6 Å². The lowest BCUT2D eigenvalue weighted by Crippen LogP contribution is -2.40. The Bertz CT molecular complexity index is 1430. The summed E-state index contributed by atoms with van der Waals surface area (Å²) in [5.41, 5.74) is 10.1. The number of hydrogen-bond acceptors (Lipinski definition) is 4. The lowest BCUT2D eigenvalue weighted by Gasteiger charge is -2.34. The van der Waals surface area contributed by atoms with Crippen molar-refractivity contribution < 1.29 is 13.9 Å². The highest BCUT2D eigenvalue weighted by atomic mass is 35.5. The van der Waals surface area contributed by atoms with Gasteiger partial charge < -0.3 is 15.7 Å². The maximum absolute atomic E-state index is 14.1. The van der Waals surface area contributed by atoms with Gasteiger partial charge in [0.25, 0.3) is 0 Å². The van der Waals surface area contributed by atoms with E-state index in [1.54, 1.807) is 24.4 Å². The zero-order valence-electron chi connectivity index (χ0n) is 18.7. The van der Waals surface area contributed by atoms with Gasteiger partial charge in [-0.2, -0.15) is 0 Å². The number of piperidine rings is 1. The van der Waals surface area contributed by atoms with Crippen molar-refractivity contribution in [3.05, 3.63) is 83.8 Å². The second-order valence-electron chi connectivity index (χ2n) is 8.52. The standard InChI is InChI=1S/C27H22F2N4O.ClH/c1-31-25-4-2-3-21(27(25)34)16-5-6-24-22(13-16)26(33-9-7-20(30)8-10-33)23(15-32-24)17-11-18(28)14-19(29)12-17;/h2-6,11-15,20,34H,7-10,30H2;1H.